The van der Waals surface area contributed by atoms with Gasteiger partial charge in [-0.15, -0.1) is 0 Å². The summed E-state index contributed by atoms with van der Waals surface area (Å²) in [7, 11) is 0. The van der Waals surface area contributed by atoms with Crippen LogP contribution in [0, 0.1) is 23.2 Å². The average Bonchev–Trinajstić information content (AvgIpc) is 2.78. The summed E-state index contributed by atoms with van der Waals surface area (Å²) in [4.78, 5) is 12.8. The van der Waals surface area contributed by atoms with Crippen LogP contribution in [0.4, 0.5) is 5.69 Å². The minimum atomic E-state index is -0.624. The standard InChI is InChI=1S/C27H33BrN2O3/c28-21-5-7-22(8-6-21)30-26(32)24-3-1-2-4-25(24)33-16-23(31)15-29-17-27-12-18-9-19(13-27)11-20(10-18)14-27/h1-8,18-20,23,29,31H,9-17H2,(H,30,32). The normalized spacial score (nSPS) is 28.5. The molecule has 0 radical (unpaired) electrons. The molecule has 4 bridgehead atoms. The summed E-state index contributed by atoms with van der Waals surface area (Å²) in [5.41, 5.74) is 1.62. The Hall–Kier alpha value is -1.89. The molecule has 4 aliphatic rings. The summed E-state index contributed by atoms with van der Waals surface area (Å²) in [6, 6.07) is 14.6. The fourth-order valence-corrected chi connectivity index (χ4v) is 7.03. The van der Waals surface area contributed by atoms with Gasteiger partial charge in [-0.3, -0.25) is 4.79 Å². The number of aliphatic hydroxyl groups is 1. The van der Waals surface area contributed by atoms with Gasteiger partial charge in [0.15, 0.2) is 0 Å². The average molecular weight is 513 g/mol. The molecule has 1 atom stereocenters. The molecule has 33 heavy (non-hydrogen) atoms. The van der Waals surface area contributed by atoms with E-state index in [9.17, 15) is 9.90 Å². The van der Waals surface area contributed by atoms with Crippen LogP contribution >= 0.6 is 15.9 Å². The maximum absolute atomic E-state index is 12.8. The molecule has 2 aromatic rings. The lowest BCUT2D eigenvalue weighted by Gasteiger charge is -2.57. The predicted octanol–water partition coefficient (Wildman–Crippen LogP) is 5.25. The van der Waals surface area contributed by atoms with Crippen LogP contribution in [0.1, 0.15) is 48.9 Å². The van der Waals surface area contributed by atoms with Crippen LogP contribution < -0.4 is 15.4 Å². The van der Waals surface area contributed by atoms with Crippen LogP contribution in [0.2, 0.25) is 0 Å². The first-order valence-corrected chi connectivity index (χ1v) is 12.9. The van der Waals surface area contributed by atoms with Gasteiger partial charge in [0.2, 0.25) is 0 Å². The van der Waals surface area contributed by atoms with Crippen LogP contribution in [0.3, 0.4) is 0 Å². The Morgan fingerprint density at radius 1 is 1.03 bits per heavy atom. The van der Waals surface area contributed by atoms with Crippen molar-refractivity contribution in [2.45, 2.75) is 44.6 Å². The number of aliphatic hydroxyl groups excluding tert-OH is 1. The second-order valence-electron chi connectivity index (χ2n) is 10.5. The number of anilines is 1. The van der Waals surface area contributed by atoms with Gasteiger partial charge in [-0.2, -0.15) is 0 Å². The molecular weight excluding hydrogens is 480 g/mol. The van der Waals surface area contributed by atoms with Crippen molar-refractivity contribution in [2.24, 2.45) is 23.2 Å². The second-order valence-corrected chi connectivity index (χ2v) is 11.4. The Morgan fingerprint density at radius 3 is 2.33 bits per heavy atom. The van der Waals surface area contributed by atoms with E-state index in [4.69, 9.17) is 4.74 Å². The maximum atomic E-state index is 12.8. The maximum Gasteiger partial charge on any atom is 0.259 e. The lowest BCUT2D eigenvalue weighted by atomic mass is 9.49. The molecule has 0 aromatic heterocycles. The molecule has 4 fully saturated rings. The van der Waals surface area contributed by atoms with Gasteiger partial charge in [0, 0.05) is 23.2 Å². The highest BCUT2D eigenvalue weighted by Gasteiger charge is 2.50. The Balaban J connectivity index is 1.11. The van der Waals surface area contributed by atoms with E-state index >= 15 is 0 Å². The third-order valence-electron chi connectivity index (χ3n) is 7.71. The highest BCUT2D eigenvalue weighted by Crippen LogP contribution is 2.59. The van der Waals surface area contributed by atoms with Crippen molar-refractivity contribution in [2.75, 3.05) is 25.0 Å². The molecule has 6 rings (SSSR count). The molecule has 3 N–H and O–H groups in total. The van der Waals surface area contributed by atoms with Gasteiger partial charge in [-0.05, 0) is 98.1 Å². The van der Waals surface area contributed by atoms with Crippen LogP contribution in [-0.4, -0.2) is 36.8 Å². The highest BCUT2D eigenvalue weighted by atomic mass is 79.9. The highest BCUT2D eigenvalue weighted by molar-refractivity contribution is 9.10. The minimum absolute atomic E-state index is 0.149. The quantitative estimate of drug-likeness (QED) is 0.429. The molecule has 0 saturated heterocycles. The van der Waals surface area contributed by atoms with Crippen molar-refractivity contribution in [3.8, 4) is 5.75 Å². The first kappa shape index (κ1) is 22.9. The van der Waals surface area contributed by atoms with Crippen LogP contribution in [0.15, 0.2) is 53.0 Å². The van der Waals surface area contributed by atoms with Crippen molar-refractivity contribution in [3.05, 3.63) is 58.6 Å². The number of halogens is 1. The third-order valence-corrected chi connectivity index (χ3v) is 8.24. The van der Waals surface area contributed by atoms with Crippen molar-refractivity contribution < 1.29 is 14.6 Å². The van der Waals surface area contributed by atoms with Crippen molar-refractivity contribution >= 4 is 27.5 Å². The van der Waals surface area contributed by atoms with E-state index < -0.39 is 6.10 Å². The van der Waals surface area contributed by atoms with E-state index in [1.165, 1.54) is 38.5 Å². The number of amides is 1. The summed E-state index contributed by atoms with van der Waals surface area (Å²) in [5, 5.41) is 17.0. The first-order chi connectivity index (χ1) is 16.0. The summed E-state index contributed by atoms with van der Waals surface area (Å²) in [6.07, 6.45) is 7.80. The third kappa shape index (κ3) is 5.44. The Morgan fingerprint density at radius 2 is 1.67 bits per heavy atom. The van der Waals surface area contributed by atoms with Crippen LogP contribution in [0.25, 0.3) is 0 Å². The zero-order valence-electron chi connectivity index (χ0n) is 18.9. The van der Waals surface area contributed by atoms with E-state index in [1.54, 1.807) is 12.1 Å². The first-order valence-electron chi connectivity index (χ1n) is 12.2. The molecule has 5 nitrogen and oxygen atoms in total. The number of nitrogens with one attached hydrogen (secondary N) is 2. The van der Waals surface area contributed by atoms with Crippen molar-refractivity contribution in [3.63, 3.8) is 0 Å². The number of hydrogen-bond donors (Lipinski definition) is 3. The topological polar surface area (TPSA) is 70.6 Å². The van der Waals surface area contributed by atoms with Gasteiger partial charge in [0.05, 0.1) is 5.56 Å². The van der Waals surface area contributed by atoms with Crippen LogP contribution in [0.5, 0.6) is 5.75 Å². The number of ether oxygens (including phenoxy) is 1. The fraction of sp³-hybridized carbons (Fsp3) is 0.519. The van der Waals surface area contributed by atoms with Gasteiger partial charge in [-0.25, -0.2) is 0 Å². The lowest BCUT2D eigenvalue weighted by molar-refractivity contribution is -0.0524. The van der Waals surface area contributed by atoms with Crippen molar-refractivity contribution in [1.82, 2.24) is 5.32 Å². The van der Waals surface area contributed by atoms with Gasteiger partial charge in [0.25, 0.3) is 5.91 Å². The molecule has 176 valence electrons. The molecule has 2 aromatic carbocycles. The van der Waals surface area contributed by atoms with Crippen molar-refractivity contribution in [1.29, 1.82) is 0 Å². The number of para-hydroxylation sites is 1. The molecule has 1 unspecified atom stereocenters. The molecule has 0 spiro atoms. The Kier molecular flexibility index (Phi) is 6.77. The lowest BCUT2D eigenvalue weighted by Crippen LogP contribution is -2.51. The molecule has 1 amide bonds. The summed E-state index contributed by atoms with van der Waals surface area (Å²) in [5.74, 6) is 3.05. The number of carbonyl (C=O) groups excluding carboxylic acids is 1. The summed E-state index contributed by atoms with van der Waals surface area (Å²) < 4.78 is 6.82. The van der Waals surface area contributed by atoms with E-state index in [1.807, 2.05) is 36.4 Å². The van der Waals surface area contributed by atoms with E-state index in [2.05, 4.69) is 26.6 Å². The summed E-state index contributed by atoms with van der Waals surface area (Å²) >= 11 is 3.40. The number of hydrogen-bond acceptors (Lipinski definition) is 4. The fourth-order valence-electron chi connectivity index (χ4n) is 6.77. The van der Waals surface area contributed by atoms with E-state index in [0.29, 0.717) is 29.0 Å². The van der Waals surface area contributed by atoms with Gasteiger partial charge < -0.3 is 20.5 Å². The molecular formula is C27H33BrN2O3. The Bertz CT molecular complexity index is 942. The largest absolute Gasteiger partial charge is 0.490 e. The number of rotatable bonds is 9. The second kappa shape index (κ2) is 9.77. The summed E-state index contributed by atoms with van der Waals surface area (Å²) in [6.45, 7) is 1.66. The monoisotopic (exact) mass is 512 g/mol. The zero-order chi connectivity index (χ0) is 22.8. The predicted molar refractivity (Wildman–Crippen MR) is 134 cm³/mol. The molecule has 0 heterocycles. The Labute approximate surface area is 204 Å². The molecule has 4 aliphatic carbocycles. The molecule has 6 heteroatoms. The van der Waals surface area contributed by atoms with Gasteiger partial charge >= 0.3 is 0 Å². The molecule has 4 saturated carbocycles. The zero-order valence-corrected chi connectivity index (χ0v) is 20.5. The van der Waals surface area contributed by atoms with E-state index in [-0.39, 0.29) is 12.5 Å². The van der Waals surface area contributed by atoms with Gasteiger partial charge in [0.1, 0.15) is 18.5 Å². The smallest absolute Gasteiger partial charge is 0.259 e. The molecule has 0 aliphatic heterocycles. The SMILES string of the molecule is O=C(Nc1ccc(Br)cc1)c1ccccc1OCC(O)CNCC12CC3CC(CC(C3)C1)C2. The number of carbonyl (C=O) groups is 1. The number of benzene rings is 2. The van der Waals surface area contributed by atoms with Crippen LogP contribution in [-0.2, 0) is 0 Å². The van der Waals surface area contributed by atoms with E-state index in [0.717, 1.165) is 28.8 Å². The minimum Gasteiger partial charge on any atom is -0.490 e. The van der Waals surface area contributed by atoms with Gasteiger partial charge in [-0.1, -0.05) is 28.1 Å².